The van der Waals surface area contributed by atoms with E-state index in [2.05, 4.69) is 15.3 Å². The zero-order valence-corrected chi connectivity index (χ0v) is 19.8. The molecule has 1 N–H and O–H groups in total. The summed E-state index contributed by atoms with van der Waals surface area (Å²) in [7, 11) is 0. The number of nitrogens with one attached hydrogen (secondary N) is 1. The van der Waals surface area contributed by atoms with E-state index >= 15 is 0 Å². The number of benzene rings is 1. The molecule has 4 rings (SSSR count). The molecule has 0 saturated carbocycles. The summed E-state index contributed by atoms with van der Waals surface area (Å²) in [5, 5.41) is 4.58. The molecule has 3 heterocycles. The molecule has 0 atom stereocenters. The van der Waals surface area contributed by atoms with Crippen molar-refractivity contribution in [1.29, 1.82) is 0 Å². The molecule has 0 radical (unpaired) electrons. The van der Waals surface area contributed by atoms with E-state index in [-0.39, 0.29) is 17.2 Å². The molecule has 10 heteroatoms. The fourth-order valence-corrected chi connectivity index (χ4v) is 4.12. The first kappa shape index (κ1) is 23.8. The van der Waals surface area contributed by atoms with E-state index in [1.807, 2.05) is 24.3 Å². The molecule has 35 heavy (non-hydrogen) atoms. The van der Waals surface area contributed by atoms with Gasteiger partial charge in [-0.3, -0.25) is 9.78 Å². The second-order valence-electron chi connectivity index (χ2n) is 7.26. The largest absolute Gasteiger partial charge is 0.462 e. The Morgan fingerprint density at radius 2 is 1.91 bits per heavy atom. The third kappa shape index (κ3) is 5.79. The van der Waals surface area contributed by atoms with Crippen molar-refractivity contribution in [2.45, 2.75) is 13.8 Å². The van der Waals surface area contributed by atoms with Gasteiger partial charge in [0.25, 0.3) is 5.91 Å². The third-order valence-corrected chi connectivity index (χ3v) is 5.63. The molecule has 1 aromatic carbocycles. The van der Waals surface area contributed by atoms with Crippen molar-refractivity contribution in [2.75, 3.05) is 18.5 Å². The van der Waals surface area contributed by atoms with Gasteiger partial charge in [0.1, 0.15) is 22.1 Å². The number of fused-ring (bicyclic) bond motifs is 1. The number of hydrogen-bond donors (Lipinski definition) is 1. The Morgan fingerprint density at radius 1 is 1.11 bits per heavy atom. The number of ether oxygens (including phenoxy) is 2. The molecule has 1 amide bonds. The van der Waals surface area contributed by atoms with E-state index in [0.29, 0.717) is 28.3 Å². The van der Waals surface area contributed by atoms with Gasteiger partial charge in [0.15, 0.2) is 6.61 Å². The van der Waals surface area contributed by atoms with Crippen LogP contribution >= 0.6 is 11.3 Å². The minimum absolute atomic E-state index is 0.171. The Balaban J connectivity index is 1.39. The van der Waals surface area contributed by atoms with Gasteiger partial charge < -0.3 is 19.2 Å². The minimum Gasteiger partial charge on any atom is -0.462 e. The molecular formula is C25H21N3O6S. The number of para-hydroxylation sites is 2. The van der Waals surface area contributed by atoms with Crippen LogP contribution in [-0.2, 0) is 19.1 Å². The van der Waals surface area contributed by atoms with Gasteiger partial charge in [-0.15, -0.1) is 11.3 Å². The standard InChI is InChI=1S/C25H21N3O6S/c1-3-32-25(31)23-17(20-10-8-15(2)34-20)14-35-24(23)28-21(29)13-33-22(30)11-9-16-12-26-18-6-4-5-7-19(18)27-16/h4-12,14H,3,13H2,1-2H3,(H,28,29)/b11-9+. The van der Waals surface area contributed by atoms with Crippen molar-refractivity contribution in [3.63, 3.8) is 0 Å². The lowest BCUT2D eigenvalue weighted by atomic mass is 10.1. The molecule has 0 unspecified atom stereocenters. The van der Waals surface area contributed by atoms with E-state index in [4.69, 9.17) is 13.9 Å². The lowest BCUT2D eigenvalue weighted by Crippen LogP contribution is -2.21. The van der Waals surface area contributed by atoms with Crippen LogP contribution in [0.1, 0.15) is 28.7 Å². The topological polar surface area (TPSA) is 121 Å². The van der Waals surface area contributed by atoms with Gasteiger partial charge in [-0.2, -0.15) is 0 Å². The van der Waals surface area contributed by atoms with Crippen molar-refractivity contribution in [3.8, 4) is 11.3 Å². The van der Waals surface area contributed by atoms with Gasteiger partial charge in [0, 0.05) is 17.0 Å². The molecule has 0 bridgehead atoms. The van der Waals surface area contributed by atoms with Crippen LogP contribution in [0.4, 0.5) is 5.00 Å². The van der Waals surface area contributed by atoms with Crippen LogP contribution in [0.15, 0.2) is 58.5 Å². The van der Waals surface area contributed by atoms with Crippen molar-refractivity contribution < 1.29 is 28.3 Å². The zero-order valence-electron chi connectivity index (χ0n) is 18.9. The van der Waals surface area contributed by atoms with Crippen LogP contribution in [0, 0.1) is 6.92 Å². The number of furan rings is 1. The lowest BCUT2D eigenvalue weighted by Gasteiger charge is -2.08. The summed E-state index contributed by atoms with van der Waals surface area (Å²) in [5.41, 5.74) is 2.60. The molecule has 4 aromatic rings. The number of anilines is 1. The van der Waals surface area contributed by atoms with Gasteiger partial charge in [-0.1, -0.05) is 12.1 Å². The molecule has 9 nitrogen and oxygen atoms in total. The van der Waals surface area contributed by atoms with Crippen molar-refractivity contribution in [2.24, 2.45) is 0 Å². The summed E-state index contributed by atoms with van der Waals surface area (Å²) in [5.74, 6) is -0.758. The highest BCUT2D eigenvalue weighted by Gasteiger charge is 2.24. The first-order chi connectivity index (χ1) is 16.9. The number of aryl methyl sites for hydroxylation is 1. The van der Waals surface area contributed by atoms with Gasteiger partial charge in [0.2, 0.25) is 0 Å². The summed E-state index contributed by atoms with van der Waals surface area (Å²) in [6.07, 6.45) is 4.15. The van der Waals surface area contributed by atoms with E-state index in [9.17, 15) is 14.4 Å². The van der Waals surface area contributed by atoms with Gasteiger partial charge in [0.05, 0.1) is 29.5 Å². The van der Waals surface area contributed by atoms with E-state index in [0.717, 1.165) is 16.9 Å². The molecule has 0 aliphatic heterocycles. The van der Waals surface area contributed by atoms with E-state index in [1.54, 1.807) is 31.4 Å². The Labute approximate surface area is 204 Å². The van der Waals surface area contributed by atoms with Crippen molar-refractivity contribution in [3.05, 3.63) is 71.1 Å². The quantitative estimate of drug-likeness (QED) is 0.280. The summed E-state index contributed by atoms with van der Waals surface area (Å²) >= 11 is 1.14. The highest BCUT2D eigenvalue weighted by molar-refractivity contribution is 7.15. The summed E-state index contributed by atoms with van der Waals surface area (Å²) in [6, 6.07) is 10.9. The number of esters is 2. The van der Waals surface area contributed by atoms with Crippen molar-refractivity contribution in [1.82, 2.24) is 9.97 Å². The molecule has 0 aliphatic carbocycles. The minimum atomic E-state index is -0.723. The van der Waals surface area contributed by atoms with Gasteiger partial charge in [-0.05, 0) is 44.2 Å². The Hall–Kier alpha value is -4.31. The van der Waals surface area contributed by atoms with Crippen LogP contribution in [0.25, 0.3) is 28.4 Å². The average molecular weight is 492 g/mol. The number of aromatic nitrogens is 2. The Bertz CT molecular complexity index is 1420. The number of rotatable bonds is 8. The number of amides is 1. The second-order valence-corrected chi connectivity index (χ2v) is 8.14. The van der Waals surface area contributed by atoms with Crippen LogP contribution in [-0.4, -0.2) is 41.0 Å². The molecule has 0 spiro atoms. The molecular weight excluding hydrogens is 470 g/mol. The maximum absolute atomic E-state index is 12.6. The third-order valence-electron chi connectivity index (χ3n) is 4.73. The number of hydrogen-bond acceptors (Lipinski definition) is 9. The number of thiophene rings is 1. The zero-order chi connectivity index (χ0) is 24.8. The van der Waals surface area contributed by atoms with E-state index in [1.165, 1.54) is 18.3 Å². The molecule has 0 fully saturated rings. The molecule has 3 aromatic heterocycles. The summed E-state index contributed by atoms with van der Waals surface area (Å²) < 4.78 is 15.8. The van der Waals surface area contributed by atoms with Crippen molar-refractivity contribution >= 4 is 51.3 Å². The first-order valence-electron chi connectivity index (χ1n) is 10.7. The first-order valence-corrected chi connectivity index (χ1v) is 11.5. The predicted octanol–water partition coefficient (Wildman–Crippen LogP) is 4.63. The van der Waals surface area contributed by atoms with E-state index < -0.39 is 24.5 Å². The Morgan fingerprint density at radius 3 is 2.66 bits per heavy atom. The fraction of sp³-hybridized carbons (Fsp3) is 0.160. The molecule has 0 aliphatic rings. The lowest BCUT2D eigenvalue weighted by molar-refractivity contribution is -0.142. The van der Waals surface area contributed by atoms with Gasteiger partial charge >= 0.3 is 11.9 Å². The Kier molecular flexibility index (Phi) is 7.32. The average Bonchev–Trinajstić information content (AvgIpc) is 3.47. The number of carbonyl (C=O) groups excluding carboxylic acids is 3. The second kappa shape index (κ2) is 10.7. The monoisotopic (exact) mass is 491 g/mol. The van der Waals surface area contributed by atoms with Crippen LogP contribution in [0.5, 0.6) is 0 Å². The van der Waals surface area contributed by atoms with Crippen LogP contribution in [0.2, 0.25) is 0 Å². The highest BCUT2D eigenvalue weighted by atomic mass is 32.1. The van der Waals surface area contributed by atoms with Crippen LogP contribution < -0.4 is 5.32 Å². The van der Waals surface area contributed by atoms with Gasteiger partial charge in [-0.25, -0.2) is 14.6 Å². The molecule has 0 saturated heterocycles. The number of carbonyl (C=O) groups is 3. The fourth-order valence-electron chi connectivity index (χ4n) is 3.17. The normalized spacial score (nSPS) is 11.0. The summed E-state index contributed by atoms with van der Waals surface area (Å²) in [6.45, 7) is 3.11. The highest BCUT2D eigenvalue weighted by Crippen LogP contribution is 2.37. The summed E-state index contributed by atoms with van der Waals surface area (Å²) in [4.78, 5) is 45.7. The SMILES string of the molecule is CCOC(=O)c1c(-c2ccc(C)o2)csc1NC(=O)COC(=O)/C=C/c1cnc2ccccc2n1. The van der Waals surface area contributed by atoms with Crippen LogP contribution in [0.3, 0.4) is 0 Å². The molecule has 178 valence electrons. The predicted molar refractivity (Wildman–Crippen MR) is 131 cm³/mol. The maximum atomic E-state index is 12.6. The smallest absolute Gasteiger partial charge is 0.341 e. The number of nitrogens with zero attached hydrogens (tertiary/aromatic N) is 2. The maximum Gasteiger partial charge on any atom is 0.341 e.